The minimum Gasteiger partial charge on any atom is -0.394 e. The molecule has 0 spiro atoms. The van der Waals surface area contributed by atoms with Gasteiger partial charge in [0.2, 0.25) is 5.91 Å². The van der Waals surface area contributed by atoms with Gasteiger partial charge in [0, 0.05) is 6.42 Å². The van der Waals surface area contributed by atoms with Gasteiger partial charge in [-0.1, -0.05) is 146 Å². The fraction of sp³-hybridized carbons (Fsp3) is 0.786. The number of aliphatic hydroxyl groups excluding tert-OH is 3. The van der Waals surface area contributed by atoms with Gasteiger partial charge in [-0.3, -0.25) is 4.79 Å². The van der Waals surface area contributed by atoms with E-state index in [2.05, 4.69) is 67.8 Å². The van der Waals surface area contributed by atoms with E-state index in [9.17, 15) is 20.1 Å². The first kappa shape index (κ1) is 45.3. The Balaban J connectivity index is 3.77. The van der Waals surface area contributed by atoms with Crippen LogP contribution in [0.2, 0.25) is 0 Å². The van der Waals surface area contributed by atoms with Gasteiger partial charge in [0.25, 0.3) is 0 Å². The van der Waals surface area contributed by atoms with Crippen LogP contribution in [0.25, 0.3) is 0 Å². The first-order valence-corrected chi connectivity index (χ1v) is 19.9. The van der Waals surface area contributed by atoms with E-state index in [4.69, 9.17) is 0 Å². The standard InChI is InChI=1S/C42H77NO4/c1-3-5-7-9-11-13-15-17-19-21-23-25-27-29-31-33-35-37-41(46)43-39(38-44)42(47)40(45)36-34-32-30-28-26-24-22-20-18-16-14-12-10-8-6-4-2/h11,13,17,19-20,22,28,30,39-40,42,44-45,47H,3-10,12,14-16,18,21,23-27,29,31-38H2,1-2H3,(H,43,46)/b13-11-,19-17-,22-20+,30-28+. The summed E-state index contributed by atoms with van der Waals surface area (Å²) >= 11 is 0. The van der Waals surface area contributed by atoms with E-state index >= 15 is 0 Å². The molecule has 0 saturated heterocycles. The van der Waals surface area contributed by atoms with Crippen LogP contribution < -0.4 is 5.32 Å². The van der Waals surface area contributed by atoms with E-state index < -0.39 is 18.2 Å². The fourth-order valence-corrected chi connectivity index (χ4v) is 5.74. The summed E-state index contributed by atoms with van der Waals surface area (Å²) in [6, 6.07) is -0.836. The molecule has 0 bridgehead atoms. The molecular weight excluding hydrogens is 582 g/mol. The van der Waals surface area contributed by atoms with Crippen molar-refractivity contribution >= 4 is 5.91 Å². The lowest BCUT2D eigenvalue weighted by molar-refractivity contribution is -0.124. The molecule has 1 amide bonds. The summed E-state index contributed by atoms with van der Waals surface area (Å²) in [7, 11) is 0. The predicted molar refractivity (Wildman–Crippen MR) is 204 cm³/mol. The fourth-order valence-electron chi connectivity index (χ4n) is 5.74. The summed E-state index contributed by atoms with van der Waals surface area (Å²) in [6.07, 6.45) is 46.3. The summed E-state index contributed by atoms with van der Waals surface area (Å²) in [5.41, 5.74) is 0. The van der Waals surface area contributed by atoms with Gasteiger partial charge in [0.1, 0.15) is 6.10 Å². The van der Waals surface area contributed by atoms with Gasteiger partial charge >= 0.3 is 0 Å². The molecule has 4 N–H and O–H groups in total. The SMILES string of the molecule is CCCCC/C=C\C/C=C\CCCCCCCCCC(=O)NC(CO)C(O)C(O)CCC/C=C/CC/C=C/CCCCCCCCC. The molecule has 5 nitrogen and oxygen atoms in total. The molecular formula is C42H77NO4. The van der Waals surface area contributed by atoms with E-state index in [1.165, 1.54) is 103 Å². The molecule has 0 rings (SSSR count). The molecule has 0 fully saturated rings. The van der Waals surface area contributed by atoms with Gasteiger partial charge in [0.15, 0.2) is 0 Å². The molecule has 0 aliphatic heterocycles. The number of nitrogens with one attached hydrogen (secondary N) is 1. The van der Waals surface area contributed by atoms with Crippen molar-refractivity contribution in [3.05, 3.63) is 48.6 Å². The third-order valence-corrected chi connectivity index (χ3v) is 8.88. The minimum absolute atomic E-state index is 0.169. The Hall–Kier alpha value is -1.69. The lowest BCUT2D eigenvalue weighted by Crippen LogP contribution is -2.50. The quantitative estimate of drug-likeness (QED) is 0.0402. The zero-order valence-corrected chi connectivity index (χ0v) is 30.9. The van der Waals surface area contributed by atoms with Gasteiger partial charge in [-0.15, -0.1) is 0 Å². The molecule has 0 radical (unpaired) electrons. The summed E-state index contributed by atoms with van der Waals surface area (Å²) in [5.74, 6) is -0.169. The van der Waals surface area contributed by atoms with E-state index in [0.717, 1.165) is 57.8 Å². The molecule has 47 heavy (non-hydrogen) atoms. The molecule has 0 aromatic heterocycles. The average molecular weight is 660 g/mol. The average Bonchev–Trinajstić information content (AvgIpc) is 3.07. The second kappa shape index (κ2) is 37.1. The second-order valence-corrected chi connectivity index (χ2v) is 13.5. The van der Waals surface area contributed by atoms with E-state index in [1.807, 2.05) is 0 Å². The Morgan fingerprint density at radius 2 is 0.936 bits per heavy atom. The molecule has 274 valence electrons. The highest BCUT2D eigenvalue weighted by Crippen LogP contribution is 2.13. The number of unbranched alkanes of at least 4 members (excludes halogenated alkanes) is 19. The molecule has 0 saturated carbocycles. The summed E-state index contributed by atoms with van der Waals surface area (Å²) in [6.45, 7) is 4.11. The number of hydrogen-bond acceptors (Lipinski definition) is 4. The topological polar surface area (TPSA) is 89.8 Å². The largest absolute Gasteiger partial charge is 0.394 e. The van der Waals surface area contributed by atoms with Crippen molar-refractivity contribution in [1.29, 1.82) is 0 Å². The zero-order chi connectivity index (χ0) is 34.5. The van der Waals surface area contributed by atoms with Crippen LogP contribution in [0.5, 0.6) is 0 Å². The van der Waals surface area contributed by atoms with Crippen LogP contribution in [-0.4, -0.2) is 46.1 Å². The van der Waals surface area contributed by atoms with E-state index in [1.54, 1.807) is 0 Å². The van der Waals surface area contributed by atoms with Gasteiger partial charge in [-0.2, -0.15) is 0 Å². The number of aliphatic hydroxyl groups is 3. The number of carbonyl (C=O) groups is 1. The lowest BCUT2D eigenvalue weighted by Gasteiger charge is -2.26. The molecule has 0 aliphatic rings. The Kier molecular flexibility index (Phi) is 35.8. The summed E-state index contributed by atoms with van der Waals surface area (Å²) < 4.78 is 0. The van der Waals surface area contributed by atoms with Crippen LogP contribution in [-0.2, 0) is 4.79 Å². The number of carbonyl (C=O) groups excluding carboxylic acids is 1. The smallest absolute Gasteiger partial charge is 0.220 e. The third-order valence-electron chi connectivity index (χ3n) is 8.88. The van der Waals surface area contributed by atoms with Crippen LogP contribution in [0.3, 0.4) is 0 Å². The minimum atomic E-state index is -1.17. The monoisotopic (exact) mass is 660 g/mol. The van der Waals surface area contributed by atoms with Crippen LogP contribution >= 0.6 is 0 Å². The normalized spacial score (nSPS) is 14.2. The van der Waals surface area contributed by atoms with Gasteiger partial charge in [0.05, 0.1) is 18.8 Å². The van der Waals surface area contributed by atoms with Crippen molar-refractivity contribution in [2.75, 3.05) is 6.61 Å². The third kappa shape index (κ3) is 32.6. The first-order valence-electron chi connectivity index (χ1n) is 19.9. The van der Waals surface area contributed by atoms with Gasteiger partial charge < -0.3 is 20.6 Å². The Morgan fingerprint density at radius 3 is 1.47 bits per heavy atom. The predicted octanol–water partition coefficient (Wildman–Crippen LogP) is 11.0. The molecule has 0 aromatic rings. The van der Waals surface area contributed by atoms with Crippen molar-refractivity contribution < 1.29 is 20.1 Å². The Bertz CT molecular complexity index is 775. The first-order chi connectivity index (χ1) is 23.1. The highest BCUT2D eigenvalue weighted by molar-refractivity contribution is 5.76. The number of rotatable bonds is 35. The molecule has 3 unspecified atom stereocenters. The van der Waals surface area contributed by atoms with E-state index in [-0.39, 0.29) is 12.5 Å². The zero-order valence-electron chi connectivity index (χ0n) is 30.9. The maximum atomic E-state index is 12.4. The second-order valence-electron chi connectivity index (χ2n) is 13.5. The van der Waals surface area contributed by atoms with Crippen molar-refractivity contribution in [3.8, 4) is 0 Å². The van der Waals surface area contributed by atoms with Crippen LogP contribution in [0, 0.1) is 0 Å². The summed E-state index contributed by atoms with van der Waals surface area (Å²) in [5, 5.41) is 33.4. The maximum Gasteiger partial charge on any atom is 0.220 e. The number of allylic oxidation sites excluding steroid dienone is 8. The number of hydrogen-bond donors (Lipinski definition) is 4. The summed E-state index contributed by atoms with van der Waals surface area (Å²) in [4.78, 5) is 12.4. The van der Waals surface area contributed by atoms with Crippen molar-refractivity contribution in [1.82, 2.24) is 5.32 Å². The van der Waals surface area contributed by atoms with Crippen molar-refractivity contribution in [3.63, 3.8) is 0 Å². The number of amides is 1. The van der Waals surface area contributed by atoms with Crippen molar-refractivity contribution in [2.24, 2.45) is 0 Å². The maximum absolute atomic E-state index is 12.4. The lowest BCUT2D eigenvalue weighted by atomic mass is 10.0. The Labute approximate surface area is 291 Å². The highest BCUT2D eigenvalue weighted by atomic mass is 16.3. The van der Waals surface area contributed by atoms with Crippen LogP contribution in [0.4, 0.5) is 0 Å². The molecule has 5 heteroatoms. The Morgan fingerprint density at radius 1 is 0.532 bits per heavy atom. The van der Waals surface area contributed by atoms with Crippen molar-refractivity contribution in [2.45, 2.75) is 205 Å². The van der Waals surface area contributed by atoms with Crippen LogP contribution in [0.1, 0.15) is 187 Å². The molecule has 3 atom stereocenters. The van der Waals surface area contributed by atoms with Crippen LogP contribution in [0.15, 0.2) is 48.6 Å². The molecule has 0 heterocycles. The van der Waals surface area contributed by atoms with E-state index in [0.29, 0.717) is 12.8 Å². The highest BCUT2D eigenvalue weighted by Gasteiger charge is 2.26. The van der Waals surface area contributed by atoms with Gasteiger partial charge in [-0.05, 0) is 83.5 Å². The molecule has 0 aliphatic carbocycles. The van der Waals surface area contributed by atoms with Gasteiger partial charge in [-0.25, -0.2) is 0 Å². The molecule has 0 aromatic carbocycles.